The number of anilines is 1. The Hall–Kier alpha value is -1.53. The maximum atomic E-state index is 12.1. The number of amides is 1. The lowest BCUT2D eigenvalue weighted by atomic mass is 10.2. The van der Waals surface area contributed by atoms with Gasteiger partial charge in [-0.1, -0.05) is 35.9 Å². The standard InChI is InChI=1S/C19H21ClN2O2S/c20-17-3-1-2-4-18(17)25-14-19(23)21-16-7-5-15(6-8-16)13-22-9-11-24-12-10-22/h1-8H,9-14H2,(H,21,23). The van der Waals surface area contributed by atoms with Crippen molar-refractivity contribution in [2.24, 2.45) is 0 Å². The summed E-state index contributed by atoms with van der Waals surface area (Å²) in [5.74, 6) is 0.296. The summed E-state index contributed by atoms with van der Waals surface area (Å²) >= 11 is 7.54. The van der Waals surface area contributed by atoms with E-state index in [2.05, 4.69) is 22.3 Å². The number of ether oxygens (including phenoxy) is 1. The van der Waals surface area contributed by atoms with Crippen molar-refractivity contribution >= 4 is 35.0 Å². The molecule has 4 nitrogen and oxygen atoms in total. The Balaban J connectivity index is 1.47. The third-order valence-corrected chi connectivity index (χ3v) is 5.46. The van der Waals surface area contributed by atoms with E-state index in [9.17, 15) is 4.79 Å². The fourth-order valence-electron chi connectivity index (χ4n) is 2.61. The van der Waals surface area contributed by atoms with Crippen molar-refractivity contribution in [3.05, 3.63) is 59.1 Å². The number of rotatable bonds is 6. The van der Waals surface area contributed by atoms with Gasteiger partial charge in [0.15, 0.2) is 0 Å². The lowest BCUT2D eigenvalue weighted by molar-refractivity contribution is -0.113. The number of hydrogen-bond donors (Lipinski definition) is 1. The van der Waals surface area contributed by atoms with Crippen LogP contribution in [-0.2, 0) is 16.1 Å². The second kappa shape index (κ2) is 9.25. The Labute approximate surface area is 157 Å². The van der Waals surface area contributed by atoms with Crippen LogP contribution in [0.5, 0.6) is 0 Å². The summed E-state index contributed by atoms with van der Waals surface area (Å²) in [6, 6.07) is 15.6. The minimum atomic E-state index is -0.0363. The molecule has 0 radical (unpaired) electrons. The van der Waals surface area contributed by atoms with Crippen LogP contribution < -0.4 is 5.32 Å². The number of nitrogens with one attached hydrogen (secondary N) is 1. The third-order valence-electron chi connectivity index (χ3n) is 3.94. The Bertz CT molecular complexity index is 703. The highest BCUT2D eigenvalue weighted by Crippen LogP contribution is 2.26. The molecule has 0 atom stereocenters. The number of carbonyl (C=O) groups is 1. The fourth-order valence-corrected chi connectivity index (χ4v) is 3.65. The molecule has 132 valence electrons. The van der Waals surface area contributed by atoms with Crippen LogP contribution in [0.3, 0.4) is 0 Å². The molecule has 1 aliphatic heterocycles. The van der Waals surface area contributed by atoms with Crippen LogP contribution in [0.2, 0.25) is 5.02 Å². The highest BCUT2D eigenvalue weighted by molar-refractivity contribution is 8.00. The molecule has 1 fully saturated rings. The van der Waals surface area contributed by atoms with Crippen LogP contribution >= 0.6 is 23.4 Å². The van der Waals surface area contributed by atoms with Gasteiger partial charge in [-0.25, -0.2) is 0 Å². The molecule has 0 saturated carbocycles. The summed E-state index contributed by atoms with van der Waals surface area (Å²) in [6.07, 6.45) is 0. The summed E-state index contributed by atoms with van der Waals surface area (Å²) in [5, 5.41) is 3.60. The SMILES string of the molecule is O=C(CSc1ccccc1Cl)Nc1ccc(CN2CCOCC2)cc1. The molecule has 1 amide bonds. The van der Waals surface area contributed by atoms with Gasteiger partial charge in [0.25, 0.3) is 0 Å². The van der Waals surface area contributed by atoms with Gasteiger partial charge in [-0.3, -0.25) is 9.69 Å². The first-order valence-electron chi connectivity index (χ1n) is 8.27. The number of hydrogen-bond acceptors (Lipinski definition) is 4. The van der Waals surface area contributed by atoms with Crippen LogP contribution in [0.15, 0.2) is 53.4 Å². The summed E-state index contributed by atoms with van der Waals surface area (Å²) in [7, 11) is 0. The van der Waals surface area contributed by atoms with E-state index >= 15 is 0 Å². The molecule has 6 heteroatoms. The van der Waals surface area contributed by atoms with E-state index in [-0.39, 0.29) is 5.91 Å². The second-order valence-corrected chi connectivity index (χ2v) is 7.28. The molecule has 0 spiro atoms. The first kappa shape index (κ1) is 18.3. The second-order valence-electron chi connectivity index (χ2n) is 5.85. The lowest BCUT2D eigenvalue weighted by Crippen LogP contribution is -2.35. The molecule has 0 unspecified atom stereocenters. The zero-order valence-electron chi connectivity index (χ0n) is 13.9. The van der Waals surface area contributed by atoms with Gasteiger partial charge in [0.1, 0.15) is 0 Å². The number of nitrogens with zero attached hydrogens (tertiary/aromatic N) is 1. The van der Waals surface area contributed by atoms with Crippen molar-refractivity contribution in [2.75, 3.05) is 37.4 Å². The van der Waals surface area contributed by atoms with Crippen LogP contribution in [0.1, 0.15) is 5.56 Å². The quantitative estimate of drug-likeness (QED) is 0.776. The van der Waals surface area contributed by atoms with Gasteiger partial charge in [0.05, 0.1) is 24.0 Å². The van der Waals surface area contributed by atoms with Gasteiger partial charge in [-0.05, 0) is 29.8 Å². The first-order valence-corrected chi connectivity index (χ1v) is 9.63. The summed E-state index contributed by atoms with van der Waals surface area (Å²) in [6.45, 7) is 4.46. The molecule has 0 aromatic heterocycles. The van der Waals surface area contributed by atoms with Crippen LogP contribution in [-0.4, -0.2) is 42.9 Å². The topological polar surface area (TPSA) is 41.6 Å². The fraction of sp³-hybridized carbons (Fsp3) is 0.316. The predicted octanol–water partition coefficient (Wildman–Crippen LogP) is 3.90. The van der Waals surface area contributed by atoms with Gasteiger partial charge < -0.3 is 10.1 Å². The minimum Gasteiger partial charge on any atom is -0.379 e. The minimum absolute atomic E-state index is 0.0363. The van der Waals surface area contributed by atoms with E-state index in [0.29, 0.717) is 10.8 Å². The van der Waals surface area contributed by atoms with Crippen molar-refractivity contribution in [3.63, 3.8) is 0 Å². The molecule has 2 aromatic carbocycles. The maximum absolute atomic E-state index is 12.1. The average Bonchev–Trinajstić information content (AvgIpc) is 2.64. The monoisotopic (exact) mass is 376 g/mol. The molecule has 2 aromatic rings. The Kier molecular flexibility index (Phi) is 6.76. The van der Waals surface area contributed by atoms with E-state index in [4.69, 9.17) is 16.3 Å². The number of thioether (sulfide) groups is 1. The van der Waals surface area contributed by atoms with Crippen LogP contribution in [0, 0.1) is 0 Å². The van der Waals surface area contributed by atoms with Crippen molar-refractivity contribution in [1.82, 2.24) is 4.90 Å². The van der Waals surface area contributed by atoms with E-state index < -0.39 is 0 Å². The molecule has 1 aliphatic rings. The van der Waals surface area contributed by atoms with Gasteiger partial charge in [0, 0.05) is 30.2 Å². The van der Waals surface area contributed by atoms with Gasteiger partial charge in [-0.15, -0.1) is 11.8 Å². The van der Waals surface area contributed by atoms with Crippen LogP contribution in [0.25, 0.3) is 0 Å². The average molecular weight is 377 g/mol. The van der Waals surface area contributed by atoms with Crippen molar-refractivity contribution in [2.45, 2.75) is 11.4 Å². The number of halogens is 1. The Morgan fingerprint density at radius 2 is 1.84 bits per heavy atom. The number of carbonyl (C=O) groups excluding carboxylic acids is 1. The number of benzene rings is 2. The summed E-state index contributed by atoms with van der Waals surface area (Å²) < 4.78 is 5.36. The van der Waals surface area contributed by atoms with E-state index in [1.807, 2.05) is 36.4 Å². The lowest BCUT2D eigenvalue weighted by Gasteiger charge is -2.26. The maximum Gasteiger partial charge on any atom is 0.234 e. The molecule has 1 heterocycles. The molecule has 0 bridgehead atoms. The number of morpholine rings is 1. The zero-order chi connectivity index (χ0) is 17.5. The molecule has 0 aliphatic carbocycles. The van der Waals surface area contributed by atoms with Gasteiger partial charge in [0.2, 0.25) is 5.91 Å². The van der Waals surface area contributed by atoms with Crippen molar-refractivity contribution < 1.29 is 9.53 Å². The zero-order valence-corrected chi connectivity index (χ0v) is 15.5. The van der Waals surface area contributed by atoms with Crippen molar-refractivity contribution in [3.8, 4) is 0 Å². The summed E-state index contributed by atoms with van der Waals surface area (Å²) in [5.41, 5.74) is 2.06. The third kappa shape index (κ3) is 5.75. The molecular formula is C19H21ClN2O2S. The first-order chi connectivity index (χ1) is 12.2. The highest BCUT2D eigenvalue weighted by atomic mass is 35.5. The largest absolute Gasteiger partial charge is 0.379 e. The van der Waals surface area contributed by atoms with E-state index in [0.717, 1.165) is 43.4 Å². The Morgan fingerprint density at radius 3 is 2.56 bits per heavy atom. The molecule has 3 rings (SSSR count). The Morgan fingerprint density at radius 1 is 1.12 bits per heavy atom. The van der Waals surface area contributed by atoms with E-state index in [1.54, 1.807) is 0 Å². The van der Waals surface area contributed by atoms with Crippen molar-refractivity contribution in [1.29, 1.82) is 0 Å². The molecular weight excluding hydrogens is 356 g/mol. The molecule has 1 N–H and O–H groups in total. The molecule has 25 heavy (non-hydrogen) atoms. The van der Waals surface area contributed by atoms with Gasteiger partial charge in [-0.2, -0.15) is 0 Å². The molecule has 1 saturated heterocycles. The highest BCUT2D eigenvalue weighted by Gasteiger charge is 2.11. The predicted molar refractivity (Wildman–Crippen MR) is 103 cm³/mol. The van der Waals surface area contributed by atoms with Crippen LogP contribution in [0.4, 0.5) is 5.69 Å². The summed E-state index contributed by atoms with van der Waals surface area (Å²) in [4.78, 5) is 15.4. The van der Waals surface area contributed by atoms with E-state index in [1.165, 1.54) is 17.3 Å². The van der Waals surface area contributed by atoms with Gasteiger partial charge >= 0.3 is 0 Å². The normalized spacial score (nSPS) is 15.1. The smallest absolute Gasteiger partial charge is 0.234 e.